The number of carbonyl (C=O) groups excluding carboxylic acids is 2. The number of nitrogens with zero attached hydrogens (tertiary/aromatic N) is 2. The average Bonchev–Trinajstić information content (AvgIpc) is 3.01. The molecule has 0 aromatic carbocycles. The molecule has 1 unspecified atom stereocenters. The predicted molar refractivity (Wildman–Crippen MR) is 86.1 cm³/mol. The minimum Gasteiger partial charge on any atom is -0.338 e. The molecule has 0 aromatic heterocycles. The molecule has 2 fully saturated rings. The maximum Gasteiger partial charge on any atom is 0.246 e. The standard InChI is InChI=1S/C15H27N3O2S/c1-3-9-17(12-5-7-16-8-6-12)15(20)13-10-21-11-18(13)14(19)4-2/h12-13,16H,3-11H2,1-2H3. The van der Waals surface area contributed by atoms with Crippen molar-refractivity contribution < 1.29 is 9.59 Å². The molecular formula is C15H27N3O2S. The fourth-order valence-corrected chi connectivity index (χ4v) is 4.29. The van der Waals surface area contributed by atoms with Gasteiger partial charge in [-0.15, -0.1) is 11.8 Å². The Labute approximate surface area is 131 Å². The van der Waals surface area contributed by atoms with Gasteiger partial charge in [-0.2, -0.15) is 0 Å². The van der Waals surface area contributed by atoms with Gasteiger partial charge in [0.2, 0.25) is 11.8 Å². The highest BCUT2D eigenvalue weighted by Crippen LogP contribution is 2.25. The molecule has 0 aliphatic carbocycles. The number of amides is 2. The van der Waals surface area contributed by atoms with Crippen LogP contribution in [0, 0.1) is 0 Å². The summed E-state index contributed by atoms with van der Waals surface area (Å²) in [5.74, 6) is 1.67. The first-order valence-electron chi connectivity index (χ1n) is 8.07. The van der Waals surface area contributed by atoms with Crippen molar-refractivity contribution in [2.45, 2.75) is 51.6 Å². The van der Waals surface area contributed by atoms with Crippen LogP contribution in [-0.2, 0) is 9.59 Å². The molecule has 2 saturated heterocycles. The van der Waals surface area contributed by atoms with E-state index < -0.39 is 0 Å². The van der Waals surface area contributed by atoms with Crippen LogP contribution in [-0.4, -0.2) is 65.0 Å². The number of rotatable bonds is 5. The number of hydrogen-bond donors (Lipinski definition) is 1. The molecule has 0 saturated carbocycles. The minimum absolute atomic E-state index is 0.0973. The predicted octanol–water partition coefficient (Wildman–Crippen LogP) is 1.29. The second-order valence-electron chi connectivity index (χ2n) is 5.75. The van der Waals surface area contributed by atoms with Crippen molar-refractivity contribution in [2.75, 3.05) is 31.3 Å². The summed E-state index contributed by atoms with van der Waals surface area (Å²) < 4.78 is 0. The van der Waals surface area contributed by atoms with Crippen LogP contribution in [0.1, 0.15) is 39.5 Å². The van der Waals surface area contributed by atoms with Crippen molar-refractivity contribution in [1.82, 2.24) is 15.1 Å². The van der Waals surface area contributed by atoms with Crippen LogP contribution >= 0.6 is 11.8 Å². The lowest BCUT2D eigenvalue weighted by Gasteiger charge is -2.37. The Morgan fingerprint density at radius 2 is 2.00 bits per heavy atom. The molecule has 6 heteroatoms. The van der Waals surface area contributed by atoms with Gasteiger partial charge < -0.3 is 15.1 Å². The third-order valence-corrected chi connectivity index (χ3v) is 5.30. The van der Waals surface area contributed by atoms with E-state index in [1.54, 1.807) is 16.7 Å². The van der Waals surface area contributed by atoms with E-state index in [1.807, 2.05) is 11.8 Å². The maximum absolute atomic E-state index is 13.0. The fourth-order valence-electron chi connectivity index (χ4n) is 3.12. The molecule has 2 aliphatic heterocycles. The summed E-state index contributed by atoms with van der Waals surface area (Å²) in [5, 5.41) is 3.35. The van der Waals surface area contributed by atoms with Crippen molar-refractivity contribution >= 4 is 23.6 Å². The molecule has 120 valence electrons. The lowest BCUT2D eigenvalue weighted by atomic mass is 10.0. The molecule has 0 aromatic rings. The Morgan fingerprint density at radius 3 is 2.62 bits per heavy atom. The SMILES string of the molecule is CCCN(C(=O)C1CSCN1C(=O)CC)C1CCNCC1. The second-order valence-corrected chi connectivity index (χ2v) is 6.75. The molecule has 1 N–H and O–H groups in total. The topological polar surface area (TPSA) is 52.7 Å². The van der Waals surface area contributed by atoms with Crippen LogP contribution < -0.4 is 5.32 Å². The van der Waals surface area contributed by atoms with E-state index in [-0.39, 0.29) is 17.9 Å². The Bertz CT molecular complexity index is 372. The third kappa shape index (κ3) is 3.92. The summed E-state index contributed by atoms with van der Waals surface area (Å²) in [5.41, 5.74) is 0. The molecule has 1 atom stereocenters. The van der Waals surface area contributed by atoms with Crippen molar-refractivity contribution in [3.63, 3.8) is 0 Å². The molecule has 0 bridgehead atoms. The second kappa shape index (κ2) is 8.03. The van der Waals surface area contributed by atoms with Gasteiger partial charge >= 0.3 is 0 Å². The molecule has 5 nitrogen and oxygen atoms in total. The van der Waals surface area contributed by atoms with Crippen molar-refractivity contribution in [3.05, 3.63) is 0 Å². The van der Waals surface area contributed by atoms with Crippen LogP contribution in [0.5, 0.6) is 0 Å². The lowest BCUT2D eigenvalue weighted by Crippen LogP contribution is -2.54. The Balaban J connectivity index is 2.07. The van der Waals surface area contributed by atoms with Gasteiger partial charge in [0.25, 0.3) is 0 Å². The minimum atomic E-state index is -0.246. The van der Waals surface area contributed by atoms with E-state index in [2.05, 4.69) is 12.2 Å². The molecule has 21 heavy (non-hydrogen) atoms. The third-order valence-electron chi connectivity index (χ3n) is 4.29. The number of carbonyl (C=O) groups is 2. The molecule has 2 rings (SSSR count). The molecule has 0 spiro atoms. The lowest BCUT2D eigenvalue weighted by molar-refractivity contribution is -0.145. The average molecular weight is 313 g/mol. The Morgan fingerprint density at radius 1 is 1.29 bits per heavy atom. The Hall–Kier alpha value is -0.750. The first kappa shape index (κ1) is 16.6. The number of nitrogens with one attached hydrogen (secondary N) is 1. The highest BCUT2D eigenvalue weighted by molar-refractivity contribution is 7.99. The summed E-state index contributed by atoms with van der Waals surface area (Å²) in [6.45, 7) is 6.74. The van der Waals surface area contributed by atoms with Gasteiger partial charge in [-0.1, -0.05) is 13.8 Å². The van der Waals surface area contributed by atoms with Gasteiger partial charge in [-0.3, -0.25) is 9.59 Å². The van der Waals surface area contributed by atoms with E-state index in [9.17, 15) is 9.59 Å². The first-order valence-corrected chi connectivity index (χ1v) is 9.22. The zero-order valence-electron chi connectivity index (χ0n) is 13.1. The highest BCUT2D eigenvalue weighted by atomic mass is 32.2. The molecule has 2 heterocycles. The quantitative estimate of drug-likeness (QED) is 0.831. The normalized spacial score (nSPS) is 23.3. The number of hydrogen-bond acceptors (Lipinski definition) is 4. The van der Waals surface area contributed by atoms with E-state index in [4.69, 9.17) is 0 Å². The van der Waals surface area contributed by atoms with Crippen LogP contribution in [0.4, 0.5) is 0 Å². The van der Waals surface area contributed by atoms with Crippen molar-refractivity contribution in [2.24, 2.45) is 0 Å². The van der Waals surface area contributed by atoms with E-state index >= 15 is 0 Å². The van der Waals surface area contributed by atoms with Gasteiger partial charge in [-0.05, 0) is 32.4 Å². The number of piperidine rings is 1. The fraction of sp³-hybridized carbons (Fsp3) is 0.867. The summed E-state index contributed by atoms with van der Waals surface area (Å²) >= 11 is 1.69. The highest BCUT2D eigenvalue weighted by Gasteiger charge is 2.38. The molecule has 0 radical (unpaired) electrons. The molecule has 2 amide bonds. The monoisotopic (exact) mass is 313 g/mol. The van der Waals surface area contributed by atoms with Crippen molar-refractivity contribution in [1.29, 1.82) is 0 Å². The van der Waals surface area contributed by atoms with E-state index in [0.717, 1.165) is 44.6 Å². The Kier molecular flexibility index (Phi) is 6.36. The van der Waals surface area contributed by atoms with Crippen LogP contribution in [0.25, 0.3) is 0 Å². The van der Waals surface area contributed by atoms with Gasteiger partial charge in [0, 0.05) is 24.8 Å². The maximum atomic E-state index is 13.0. The van der Waals surface area contributed by atoms with Gasteiger partial charge in [0.05, 0.1) is 5.88 Å². The van der Waals surface area contributed by atoms with Gasteiger partial charge in [0.15, 0.2) is 0 Å². The zero-order valence-corrected chi connectivity index (χ0v) is 14.0. The van der Waals surface area contributed by atoms with Crippen LogP contribution in [0.2, 0.25) is 0 Å². The largest absolute Gasteiger partial charge is 0.338 e. The smallest absolute Gasteiger partial charge is 0.246 e. The summed E-state index contributed by atoms with van der Waals surface area (Å²) in [6, 6.07) is 0.0896. The molecular weight excluding hydrogens is 286 g/mol. The summed E-state index contributed by atoms with van der Waals surface area (Å²) in [7, 11) is 0. The van der Waals surface area contributed by atoms with Gasteiger partial charge in [0.1, 0.15) is 6.04 Å². The van der Waals surface area contributed by atoms with Gasteiger partial charge in [-0.25, -0.2) is 0 Å². The summed E-state index contributed by atoms with van der Waals surface area (Å²) in [6.07, 6.45) is 3.49. The van der Waals surface area contributed by atoms with Crippen molar-refractivity contribution in [3.8, 4) is 0 Å². The van der Waals surface area contributed by atoms with E-state index in [1.165, 1.54) is 0 Å². The summed E-state index contributed by atoms with van der Waals surface area (Å²) in [4.78, 5) is 28.8. The molecule has 2 aliphatic rings. The first-order chi connectivity index (χ1) is 10.2. The van der Waals surface area contributed by atoms with Crippen LogP contribution in [0.15, 0.2) is 0 Å². The van der Waals surface area contributed by atoms with Crippen LogP contribution in [0.3, 0.4) is 0 Å². The van der Waals surface area contributed by atoms with E-state index in [0.29, 0.717) is 18.3 Å². The zero-order chi connectivity index (χ0) is 15.2. The number of thioether (sulfide) groups is 1.